The molecule has 1 amide bonds. The molecule has 2 rings (SSSR count). The summed E-state index contributed by atoms with van der Waals surface area (Å²) in [6.45, 7) is 3.51. The van der Waals surface area contributed by atoms with E-state index in [-0.39, 0.29) is 23.0 Å². The van der Waals surface area contributed by atoms with E-state index in [4.69, 9.17) is 0 Å². The summed E-state index contributed by atoms with van der Waals surface area (Å²) < 4.78 is 1.49. The van der Waals surface area contributed by atoms with E-state index in [1.807, 2.05) is 6.92 Å². The van der Waals surface area contributed by atoms with Crippen molar-refractivity contribution in [1.82, 2.24) is 9.78 Å². The summed E-state index contributed by atoms with van der Waals surface area (Å²) in [4.78, 5) is 22.0. The van der Waals surface area contributed by atoms with Gasteiger partial charge in [-0.1, -0.05) is 0 Å². The number of carbonyl (C=O) groups excluding carboxylic acids is 1. The summed E-state index contributed by atoms with van der Waals surface area (Å²) in [5.74, 6) is -0.747. The number of hydrogen-bond donors (Lipinski definition) is 2. The van der Waals surface area contributed by atoms with E-state index in [0.29, 0.717) is 0 Å². The van der Waals surface area contributed by atoms with Gasteiger partial charge in [0, 0.05) is 12.3 Å². The maximum absolute atomic E-state index is 12.1. The summed E-state index contributed by atoms with van der Waals surface area (Å²) in [5.41, 5.74) is 0.787. The van der Waals surface area contributed by atoms with Crippen LogP contribution in [0.3, 0.4) is 0 Å². The van der Waals surface area contributed by atoms with E-state index in [0.717, 1.165) is 11.6 Å². The molecule has 0 aliphatic rings. The molecule has 8 nitrogen and oxygen atoms in total. The minimum absolute atomic E-state index is 0.112. The number of hydrogen-bond acceptors (Lipinski definition) is 5. The van der Waals surface area contributed by atoms with Crippen LogP contribution < -0.4 is 5.32 Å². The second-order valence-corrected chi connectivity index (χ2v) is 4.62. The average molecular weight is 290 g/mol. The molecule has 0 aliphatic carbocycles. The maximum atomic E-state index is 12.1. The highest BCUT2D eigenvalue weighted by molar-refractivity contribution is 5.94. The average Bonchev–Trinajstić information content (AvgIpc) is 2.86. The molecule has 1 aromatic carbocycles. The largest absolute Gasteiger partial charge is 0.506 e. The normalized spacial score (nSPS) is 11.9. The number of phenols is 1. The second kappa shape index (κ2) is 5.61. The van der Waals surface area contributed by atoms with Gasteiger partial charge in [0.2, 0.25) is 5.91 Å². The first-order chi connectivity index (χ1) is 9.88. The number of phenolic OH excluding ortho intramolecular Hbond substituents is 1. The summed E-state index contributed by atoms with van der Waals surface area (Å²) >= 11 is 0. The number of benzene rings is 1. The van der Waals surface area contributed by atoms with Gasteiger partial charge in [-0.25, -0.2) is 0 Å². The molecule has 0 bridgehead atoms. The van der Waals surface area contributed by atoms with E-state index in [1.165, 1.54) is 16.8 Å². The first-order valence-corrected chi connectivity index (χ1v) is 6.17. The van der Waals surface area contributed by atoms with Crippen LogP contribution in [0.5, 0.6) is 5.75 Å². The molecule has 0 aliphatic heterocycles. The Bertz CT molecular complexity index is 695. The van der Waals surface area contributed by atoms with Crippen LogP contribution in [0, 0.1) is 17.0 Å². The van der Waals surface area contributed by atoms with E-state index in [2.05, 4.69) is 10.4 Å². The molecule has 0 fully saturated rings. The van der Waals surface area contributed by atoms with Gasteiger partial charge in [-0.3, -0.25) is 19.6 Å². The zero-order valence-corrected chi connectivity index (χ0v) is 11.5. The lowest BCUT2D eigenvalue weighted by Gasteiger charge is -2.13. The van der Waals surface area contributed by atoms with Gasteiger partial charge in [0.1, 0.15) is 11.8 Å². The number of nitro benzene ring substituents is 1. The Balaban J connectivity index is 2.14. The molecule has 110 valence electrons. The molecular formula is C13H14N4O4. The molecule has 0 saturated heterocycles. The van der Waals surface area contributed by atoms with Crippen LogP contribution in [0.25, 0.3) is 0 Å². The molecule has 2 aromatic rings. The van der Waals surface area contributed by atoms with Crippen molar-refractivity contribution in [3.05, 3.63) is 46.3 Å². The zero-order chi connectivity index (χ0) is 15.6. The van der Waals surface area contributed by atoms with Gasteiger partial charge in [-0.2, -0.15) is 5.10 Å². The van der Waals surface area contributed by atoms with Crippen LogP contribution in [-0.4, -0.2) is 25.7 Å². The van der Waals surface area contributed by atoms with Crippen molar-refractivity contribution in [3.8, 4) is 5.75 Å². The quantitative estimate of drug-likeness (QED) is 0.508. The fourth-order valence-electron chi connectivity index (χ4n) is 1.74. The van der Waals surface area contributed by atoms with E-state index >= 15 is 0 Å². The van der Waals surface area contributed by atoms with E-state index in [9.17, 15) is 20.0 Å². The van der Waals surface area contributed by atoms with Crippen LogP contribution in [0.2, 0.25) is 0 Å². The predicted molar refractivity (Wildman–Crippen MR) is 75.1 cm³/mol. The molecule has 21 heavy (non-hydrogen) atoms. The summed E-state index contributed by atoms with van der Waals surface area (Å²) in [5, 5.41) is 26.8. The summed E-state index contributed by atoms with van der Waals surface area (Å²) in [6.07, 6.45) is 3.35. The van der Waals surface area contributed by atoms with Gasteiger partial charge in [0.05, 0.1) is 22.9 Å². The minimum Gasteiger partial charge on any atom is -0.506 e. The number of carbonyl (C=O) groups is 1. The number of nitrogens with one attached hydrogen (secondary N) is 1. The van der Waals surface area contributed by atoms with Crippen molar-refractivity contribution in [3.63, 3.8) is 0 Å². The molecule has 0 spiro atoms. The van der Waals surface area contributed by atoms with Crippen LogP contribution in [0.4, 0.5) is 11.4 Å². The third-order valence-corrected chi connectivity index (χ3v) is 2.96. The topological polar surface area (TPSA) is 110 Å². The Morgan fingerprint density at radius 2 is 2.24 bits per heavy atom. The Morgan fingerprint density at radius 3 is 2.76 bits per heavy atom. The summed E-state index contributed by atoms with van der Waals surface area (Å²) in [6, 6.07) is 2.90. The number of aryl methyl sites for hydroxylation is 1. The van der Waals surface area contributed by atoms with Crippen LogP contribution >= 0.6 is 0 Å². The fraction of sp³-hybridized carbons (Fsp3) is 0.231. The highest BCUT2D eigenvalue weighted by Gasteiger charge is 2.18. The number of rotatable bonds is 4. The molecule has 0 saturated carbocycles. The molecule has 1 aromatic heterocycles. The van der Waals surface area contributed by atoms with Gasteiger partial charge in [0.15, 0.2) is 0 Å². The number of aromatic hydroxyl groups is 1. The molecule has 0 radical (unpaired) electrons. The van der Waals surface area contributed by atoms with Crippen molar-refractivity contribution in [2.24, 2.45) is 0 Å². The van der Waals surface area contributed by atoms with Crippen molar-refractivity contribution < 1.29 is 14.8 Å². The van der Waals surface area contributed by atoms with Crippen molar-refractivity contribution in [1.29, 1.82) is 0 Å². The Hall–Kier alpha value is -2.90. The lowest BCUT2D eigenvalue weighted by atomic mass is 10.2. The van der Waals surface area contributed by atoms with Gasteiger partial charge in [-0.15, -0.1) is 0 Å². The lowest BCUT2D eigenvalue weighted by Crippen LogP contribution is -2.24. The number of anilines is 1. The monoisotopic (exact) mass is 290 g/mol. The number of amides is 1. The van der Waals surface area contributed by atoms with Gasteiger partial charge >= 0.3 is 0 Å². The van der Waals surface area contributed by atoms with Crippen molar-refractivity contribution in [2.45, 2.75) is 19.9 Å². The van der Waals surface area contributed by atoms with Crippen molar-refractivity contribution >= 4 is 17.3 Å². The third kappa shape index (κ3) is 3.16. The van der Waals surface area contributed by atoms with Gasteiger partial charge in [-0.05, 0) is 25.5 Å². The number of nitro groups is 1. The lowest BCUT2D eigenvalue weighted by molar-refractivity contribution is -0.384. The molecule has 2 N–H and O–H groups in total. The molecule has 1 heterocycles. The van der Waals surface area contributed by atoms with E-state index in [1.54, 1.807) is 19.3 Å². The second-order valence-electron chi connectivity index (χ2n) is 4.62. The van der Waals surface area contributed by atoms with Gasteiger partial charge < -0.3 is 10.4 Å². The molecule has 1 atom stereocenters. The van der Waals surface area contributed by atoms with Gasteiger partial charge in [0.25, 0.3) is 5.69 Å². The Labute approximate surface area is 120 Å². The fourth-order valence-corrected chi connectivity index (χ4v) is 1.74. The highest BCUT2D eigenvalue weighted by Crippen LogP contribution is 2.28. The van der Waals surface area contributed by atoms with Crippen LogP contribution in [-0.2, 0) is 4.79 Å². The molecule has 8 heteroatoms. The first-order valence-electron chi connectivity index (χ1n) is 6.17. The SMILES string of the molecule is Cc1cnn(C(C)C(=O)Nc2ccc([N+](=O)[O-])cc2O)c1. The Kier molecular flexibility index (Phi) is 3.88. The predicted octanol–water partition coefficient (Wildman–Crippen LogP) is 2.01. The Morgan fingerprint density at radius 1 is 1.52 bits per heavy atom. The standard InChI is InChI=1S/C13H14N4O4/c1-8-6-14-16(7-8)9(2)13(19)15-11-4-3-10(17(20)21)5-12(11)18/h3-7,9,18H,1-2H3,(H,15,19). The summed E-state index contributed by atoms with van der Waals surface area (Å²) in [7, 11) is 0. The molecule has 1 unspecified atom stereocenters. The maximum Gasteiger partial charge on any atom is 0.273 e. The number of non-ortho nitro benzene ring substituents is 1. The van der Waals surface area contributed by atoms with Crippen molar-refractivity contribution in [2.75, 3.05) is 5.32 Å². The third-order valence-electron chi connectivity index (χ3n) is 2.96. The number of aromatic nitrogens is 2. The molecular weight excluding hydrogens is 276 g/mol. The van der Waals surface area contributed by atoms with Crippen LogP contribution in [0.15, 0.2) is 30.6 Å². The minimum atomic E-state index is -0.625. The number of nitrogens with zero attached hydrogens (tertiary/aromatic N) is 3. The smallest absolute Gasteiger partial charge is 0.273 e. The van der Waals surface area contributed by atoms with E-state index < -0.39 is 11.0 Å². The first kappa shape index (κ1) is 14.5. The highest BCUT2D eigenvalue weighted by atomic mass is 16.6. The zero-order valence-electron chi connectivity index (χ0n) is 11.5. The van der Waals surface area contributed by atoms with Crippen LogP contribution in [0.1, 0.15) is 18.5 Å².